The Morgan fingerprint density at radius 1 is 1.30 bits per heavy atom. The van der Waals surface area contributed by atoms with Crippen molar-refractivity contribution in [3.05, 3.63) is 35.4 Å². The Balaban J connectivity index is 0.00000484. The molecule has 0 spiro atoms. The molecule has 0 radical (unpaired) electrons. The van der Waals surface area contributed by atoms with Gasteiger partial charge in [0.25, 0.3) is 0 Å². The number of rotatable bonds is 8. The summed E-state index contributed by atoms with van der Waals surface area (Å²) in [5.74, 6) is -0.326. The van der Waals surface area contributed by atoms with Crippen LogP contribution in [0.1, 0.15) is 31.9 Å². The number of hydrogen-bond acceptors (Lipinski definition) is 5. The number of nitrogens with one attached hydrogen (secondary N) is 1. The van der Waals surface area contributed by atoms with Crippen LogP contribution in [-0.4, -0.2) is 35.9 Å². The van der Waals surface area contributed by atoms with Crippen LogP contribution in [-0.2, 0) is 27.4 Å². The smallest absolute Gasteiger partial charge is 0.328 e. The molecule has 1 aromatic rings. The number of methoxy groups -OCH3 is 1. The van der Waals surface area contributed by atoms with Gasteiger partial charge in [-0.3, -0.25) is 4.79 Å². The Morgan fingerprint density at radius 2 is 1.91 bits per heavy atom. The molecular formula is C17H27NO4S. The molecule has 0 bridgehead atoms. The van der Waals surface area contributed by atoms with E-state index in [0.717, 1.165) is 11.1 Å². The highest BCUT2D eigenvalue weighted by molar-refractivity contribution is 7.80. The Bertz CT molecular complexity index is 507. The van der Waals surface area contributed by atoms with Gasteiger partial charge in [0, 0.05) is 12.3 Å². The van der Waals surface area contributed by atoms with Crippen LogP contribution >= 0.6 is 12.6 Å². The van der Waals surface area contributed by atoms with Crippen LogP contribution in [0.15, 0.2) is 24.3 Å². The van der Waals surface area contributed by atoms with Crippen molar-refractivity contribution in [1.82, 2.24) is 5.32 Å². The number of carbonyl (C=O) groups is 2. The van der Waals surface area contributed by atoms with E-state index in [4.69, 9.17) is 4.74 Å². The number of thiol groups is 1. The number of carbonyl (C=O) groups excluding carboxylic acids is 2. The lowest BCUT2D eigenvalue weighted by Crippen LogP contribution is -2.45. The van der Waals surface area contributed by atoms with Gasteiger partial charge in [-0.1, -0.05) is 38.6 Å². The summed E-state index contributed by atoms with van der Waals surface area (Å²) in [6.07, 6.45) is 0.915. The first kappa shape index (κ1) is 21.5. The maximum atomic E-state index is 12.1. The largest absolute Gasteiger partial charge is 0.467 e. The molecule has 0 aliphatic heterocycles. The zero-order chi connectivity index (χ0) is 16.5. The van der Waals surface area contributed by atoms with Gasteiger partial charge in [-0.25, -0.2) is 4.79 Å². The van der Waals surface area contributed by atoms with Gasteiger partial charge >= 0.3 is 5.97 Å². The topological polar surface area (TPSA) is 75.6 Å². The summed E-state index contributed by atoms with van der Waals surface area (Å²) in [6.45, 7) is 1.68. The van der Waals surface area contributed by atoms with Crippen LogP contribution in [0.25, 0.3) is 0 Å². The highest BCUT2D eigenvalue weighted by atomic mass is 32.1. The third kappa shape index (κ3) is 6.62. The number of aliphatic hydroxyl groups is 1. The van der Waals surface area contributed by atoms with E-state index in [1.54, 1.807) is 13.0 Å². The SMILES string of the molecule is C.COC(=O)C(Cc1ccccc1CO)NC(=O)[C@@H](C)CCS. The zero-order valence-electron chi connectivity index (χ0n) is 12.9. The van der Waals surface area contributed by atoms with Crippen molar-refractivity contribution in [1.29, 1.82) is 0 Å². The number of benzene rings is 1. The standard InChI is InChI=1S/C16H23NO4S.CH4/c1-11(7-8-22)15(19)17-14(16(20)21-2)9-12-5-3-4-6-13(12)10-18;/h3-6,11,14,18,22H,7-10H2,1-2H3,(H,17,19);1H4/t11-,14?;/m0./s1. The maximum Gasteiger partial charge on any atom is 0.328 e. The Morgan fingerprint density at radius 3 is 2.43 bits per heavy atom. The molecule has 130 valence electrons. The van der Waals surface area contributed by atoms with Gasteiger partial charge in [-0.2, -0.15) is 12.6 Å². The average molecular weight is 341 g/mol. The van der Waals surface area contributed by atoms with Crippen molar-refractivity contribution in [3.63, 3.8) is 0 Å². The van der Waals surface area contributed by atoms with Crippen molar-refractivity contribution in [2.75, 3.05) is 12.9 Å². The summed E-state index contributed by atoms with van der Waals surface area (Å²) in [4.78, 5) is 24.0. The Kier molecular flexibility index (Phi) is 10.3. The predicted molar refractivity (Wildman–Crippen MR) is 94.4 cm³/mol. The molecule has 0 saturated heterocycles. The first-order valence-corrected chi connectivity index (χ1v) is 7.83. The number of aliphatic hydroxyl groups excluding tert-OH is 1. The fourth-order valence-corrected chi connectivity index (χ4v) is 2.49. The monoisotopic (exact) mass is 341 g/mol. The van der Waals surface area contributed by atoms with Crippen molar-refractivity contribution in [2.24, 2.45) is 5.92 Å². The van der Waals surface area contributed by atoms with E-state index in [1.807, 2.05) is 18.2 Å². The van der Waals surface area contributed by atoms with Crippen molar-refractivity contribution in [3.8, 4) is 0 Å². The Hall–Kier alpha value is -1.53. The summed E-state index contributed by atoms with van der Waals surface area (Å²) in [7, 11) is 1.29. The van der Waals surface area contributed by atoms with Gasteiger partial charge in [0.05, 0.1) is 13.7 Å². The number of esters is 1. The fraction of sp³-hybridized carbons (Fsp3) is 0.529. The highest BCUT2D eigenvalue weighted by Crippen LogP contribution is 2.13. The first-order chi connectivity index (χ1) is 10.5. The van der Waals surface area contributed by atoms with Gasteiger partial charge < -0.3 is 15.2 Å². The molecule has 2 N–H and O–H groups in total. The van der Waals surface area contributed by atoms with Crippen LogP contribution in [0.4, 0.5) is 0 Å². The van der Waals surface area contributed by atoms with Crippen LogP contribution in [0.2, 0.25) is 0 Å². The second kappa shape index (κ2) is 11.1. The maximum absolute atomic E-state index is 12.1. The van der Waals surface area contributed by atoms with Gasteiger partial charge in [-0.15, -0.1) is 0 Å². The first-order valence-electron chi connectivity index (χ1n) is 7.20. The van der Waals surface area contributed by atoms with Crippen molar-refractivity contribution in [2.45, 2.75) is 39.8 Å². The van der Waals surface area contributed by atoms with Crippen LogP contribution in [0.3, 0.4) is 0 Å². The summed E-state index contributed by atoms with van der Waals surface area (Å²) >= 11 is 4.11. The van der Waals surface area contributed by atoms with Crippen LogP contribution in [0.5, 0.6) is 0 Å². The number of hydrogen-bond donors (Lipinski definition) is 3. The van der Waals surface area contributed by atoms with E-state index >= 15 is 0 Å². The minimum atomic E-state index is -0.771. The van der Waals surface area contributed by atoms with E-state index in [9.17, 15) is 14.7 Å². The summed E-state index contributed by atoms with van der Waals surface area (Å²) in [6, 6.07) is 6.48. The molecule has 0 saturated carbocycles. The van der Waals surface area contributed by atoms with Crippen molar-refractivity contribution < 1.29 is 19.4 Å². The second-order valence-electron chi connectivity index (χ2n) is 5.13. The van der Waals surface area contributed by atoms with E-state index in [1.165, 1.54) is 7.11 Å². The van der Waals surface area contributed by atoms with Crippen molar-refractivity contribution >= 4 is 24.5 Å². The fourth-order valence-electron chi connectivity index (χ4n) is 2.11. The van der Waals surface area contributed by atoms with Crippen LogP contribution in [0, 0.1) is 5.92 Å². The lowest BCUT2D eigenvalue weighted by atomic mass is 9.99. The molecule has 23 heavy (non-hydrogen) atoms. The molecule has 1 aromatic carbocycles. The quantitative estimate of drug-likeness (QED) is 0.499. The molecule has 1 unspecified atom stereocenters. The molecule has 2 atom stereocenters. The van der Waals surface area contributed by atoms with E-state index < -0.39 is 12.0 Å². The molecule has 6 heteroatoms. The number of ether oxygens (including phenoxy) is 1. The van der Waals surface area contributed by atoms with E-state index in [-0.39, 0.29) is 32.3 Å². The van der Waals surface area contributed by atoms with Gasteiger partial charge in [0.15, 0.2) is 0 Å². The van der Waals surface area contributed by atoms with Gasteiger partial charge in [0.2, 0.25) is 5.91 Å². The lowest BCUT2D eigenvalue weighted by molar-refractivity contribution is -0.145. The highest BCUT2D eigenvalue weighted by Gasteiger charge is 2.24. The third-order valence-electron chi connectivity index (χ3n) is 3.52. The lowest BCUT2D eigenvalue weighted by Gasteiger charge is -2.20. The molecular weight excluding hydrogens is 314 g/mol. The van der Waals surface area contributed by atoms with E-state index in [2.05, 4.69) is 17.9 Å². The predicted octanol–water partition coefficient (Wildman–Crippen LogP) is 1.97. The summed E-state index contributed by atoms with van der Waals surface area (Å²) in [5.41, 5.74) is 1.54. The molecule has 1 amide bonds. The molecule has 0 aliphatic carbocycles. The second-order valence-corrected chi connectivity index (χ2v) is 5.58. The third-order valence-corrected chi connectivity index (χ3v) is 3.78. The van der Waals surface area contributed by atoms with E-state index in [0.29, 0.717) is 12.2 Å². The summed E-state index contributed by atoms with van der Waals surface area (Å²) in [5, 5.41) is 12.1. The molecule has 5 nitrogen and oxygen atoms in total. The number of amides is 1. The normalized spacial score (nSPS) is 12.7. The molecule has 0 heterocycles. The molecule has 0 aliphatic rings. The zero-order valence-corrected chi connectivity index (χ0v) is 13.8. The minimum Gasteiger partial charge on any atom is -0.467 e. The van der Waals surface area contributed by atoms with Gasteiger partial charge in [0.1, 0.15) is 6.04 Å². The van der Waals surface area contributed by atoms with Gasteiger partial charge in [-0.05, 0) is 23.3 Å². The molecule has 0 fully saturated rings. The average Bonchev–Trinajstić information content (AvgIpc) is 2.54. The molecule has 1 rings (SSSR count). The minimum absolute atomic E-state index is 0. The molecule has 0 aromatic heterocycles. The Labute approximate surface area is 143 Å². The summed E-state index contributed by atoms with van der Waals surface area (Å²) < 4.78 is 4.77. The van der Waals surface area contributed by atoms with Crippen LogP contribution < -0.4 is 5.32 Å².